The van der Waals surface area contributed by atoms with E-state index in [0.29, 0.717) is 0 Å². The SMILES string of the molecule is C[C@H](O)CO[C@H]1CCc2cc(Br)cnc2[C@H]1NC(=O)OC(C)(C)C. The zero-order chi connectivity index (χ0) is 17.9. The smallest absolute Gasteiger partial charge is 0.408 e. The predicted molar refractivity (Wildman–Crippen MR) is 93.8 cm³/mol. The summed E-state index contributed by atoms with van der Waals surface area (Å²) in [6, 6.07) is 1.60. The van der Waals surface area contributed by atoms with Crippen molar-refractivity contribution in [2.24, 2.45) is 0 Å². The summed E-state index contributed by atoms with van der Waals surface area (Å²) in [6.45, 7) is 7.33. The zero-order valence-corrected chi connectivity index (χ0v) is 16.1. The van der Waals surface area contributed by atoms with E-state index in [1.54, 1.807) is 13.1 Å². The molecule has 0 radical (unpaired) electrons. The number of nitrogens with one attached hydrogen (secondary N) is 1. The number of ether oxygens (including phenoxy) is 2. The summed E-state index contributed by atoms with van der Waals surface area (Å²) in [5.41, 5.74) is 1.28. The van der Waals surface area contributed by atoms with Crippen LogP contribution in [0.5, 0.6) is 0 Å². The lowest BCUT2D eigenvalue weighted by Crippen LogP contribution is -2.44. The van der Waals surface area contributed by atoms with Gasteiger partial charge < -0.3 is 19.9 Å². The topological polar surface area (TPSA) is 80.7 Å². The number of carbonyl (C=O) groups excluding carboxylic acids is 1. The summed E-state index contributed by atoms with van der Waals surface area (Å²) >= 11 is 3.43. The summed E-state index contributed by atoms with van der Waals surface area (Å²) in [5.74, 6) is 0. The normalized spacial score (nSPS) is 21.8. The molecule has 1 heterocycles. The van der Waals surface area contributed by atoms with Crippen LogP contribution >= 0.6 is 15.9 Å². The highest BCUT2D eigenvalue weighted by atomic mass is 79.9. The van der Waals surface area contributed by atoms with Crippen molar-refractivity contribution in [1.82, 2.24) is 10.3 Å². The number of hydrogen-bond donors (Lipinski definition) is 2. The zero-order valence-electron chi connectivity index (χ0n) is 14.5. The van der Waals surface area contributed by atoms with Crippen LogP contribution in [-0.2, 0) is 15.9 Å². The Kier molecular flexibility index (Phi) is 6.22. The molecular formula is C17H25BrN2O4. The lowest BCUT2D eigenvalue weighted by molar-refractivity contribution is -0.0300. The molecule has 0 saturated carbocycles. The van der Waals surface area contributed by atoms with Crippen LogP contribution in [0.25, 0.3) is 0 Å². The lowest BCUT2D eigenvalue weighted by Gasteiger charge is -2.34. The average molecular weight is 401 g/mol. The van der Waals surface area contributed by atoms with Crippen LogP contribution in [0.15, 0.2) is 16.7 Å². The number of carbonyl (C=O) groups is 1. The molecule has 1 amide bonds. The number of aliphatic hydroxyl groups excluding tert-OH is 1. The standard InChI is InChI=1S/C17H25BrN2O4/c1-10(21)9-23-13-6-5-11-7-12(18)8-19-14(11)15(13)20-16(22)24-17(2,3)4/h7-8,10,13,15,21H,5-6,9H2,1-4H3,(H,20,22)/t10-,13-,15-/m0/s1. The second-order valence-electron chi connectivity index (χ2n) is 7.08. The van der Waals surface area contributed by atoms with Gasteiger partial charge in [-0.1, -0.05) is 0 Å². The third-order valence-corrected chi connectivity index (χ3v) is 3.99. The van der Waals surface area contributed by atoms with Crippen molar-refractivity contribution >= 4 is 22.0 Å². The first kappa shape index (κ1) is 19.1. The molecule has 134 valence electrons. The third-order valence-electron chi connectivity index (χ3n) is 3.56. The average Bonchev–Trinajstić information content (AvgIpc) is 2.43. The number of rotatable bonds is 4. The lowest BCUT2D eigenvalue weighted by atomic mass is 9.89. The maximum absolute atomic E-state index is 12.2. The molecule has 24 heavy (non-hydrogen) atoms. The van der Waals surface area contributed by atoms with E-state index in [1.807, 2.05) is 26.8 Å². The van der Waals surface area contributed by atoms with Gasteiger partial charge in [0.1, 0.15) is 11.6 Å². The minimum atomic E-state index is -0.579. The molecule has 1 aliphatic carbocycles. The van der Waals surface area contributed by atoms with Gasteiger partial charge in [-0.15, -0.1) is 0 Å². The number of amides is 1. The van der Waals surface area contributed by atoms with E-state index in [9.17, 15) is 9.90 Å². The Labute approximate surface area is 151 Å². The van der Waals surface area contributed by atoms with Crippen LogP contribution in [0.2, 0.25) is 0 Å². The fourth-order valence-corrected chi connectivity index (χ4v) is 3.03. The number of fused-ring (bicyclic) bond motifs is 1. The molecule has 6 nitrogen and oxygen atoms in total. The van der Waals surface area contributed by atoms with Gasteiger partial charge in [-0.25, -0.2) is 4.79 Å². The van der Waals surface area contributed by atoms with E-state index >= 15 is 0 Å². The highest BCUT2D eigenvalue weighted by Gasteiger charge is 2.34. The maximum atomic E-state index is 12.2. The van der Waals surface area contributed by atoms with Crippen LogP contribution in [0.3, 0.4) is 0 Å². The molecular weight excluding hydrogens is 376 g/mol. The fourth-order valence-electron chi connectivity index (χ4n) is 2.65. The van der Waals surface area contributed by atoms with Gasteiger partial charge in [-0.3, -0.25) is 4.98 Å². The Morgan fingerprint density at radius 1 is 1.54 bits per heavy atom. The minimum Gasteiger partial charge on any atom is -0.444 e. The summed E-state index contributed by atoms with van der Waals surface area (Å²) in [5, 5.41) is 12.4. The Balaban J connectivity index is 2.20. The molecule has 2 rings (SSSR count). The minimum absolute atomic E-state index is 0.211. The molecule has 0 bridgehead atoms. The van der Waals surface area contributed by atoms with Crippen LogP contribution in [-0.4, -0.2) is 40.6 Å². The van der Waals surface area contributed by atoms with E-state index in [0.717, 1.165) is 28.6 Å². The van der Waals surface area contributed by atoms with E-state index in [2.05, 4.69) is 26.2 Å². The second-order valence-corrected chi connectivity index (χ2v) is 8.00. The van der Waals surface area contributed by atoms with Gasteiger partial charge >= 0.3 is 6.09 Å². The number of hydrogen-bond acceptors (Lipinski definition) is 5. The first-order chi connectivity index (χ1) is 11.2. The fraction of sp³-hybridized carbons (Fsp3) is 0.647. The van der Waals surface area contributed by atoms with E-state index in [-0.39, 0.29) is 12.7 Å². The summed E-state index contributed by atoms with van der Waals surface area (Å²) in [6.07, 6.45) is 1.92. The number of pyridine rings is 1. The van der Waals surface area contributed by atoms with Crippen molar-refractivity contribution in [3.8, 4) is 0 Å². The maximum Gasteiger partial charge on any atom is 0.408 e. The van der Waals surface area contributed by atoms with E-state index in [1.165, 1.54) is 0 Å². The molecule has 1 aromatic rings. The third kappa shape index (κ3) is 5.43. The molecule has 0 saturated heterocycles. The predicted octanol–water partition coefficient (Wildman–Crippen LogP) is 3.12. The first-order valence-electron chi connectivity index (χ1n) is 8.09. The quantitative estimate of drug-likeness (QED) is 0.811. The molecule has 0 aromatic carbocycles. The van der Waals surface area contributed by atoms with Crippen molar-refractivity contribution in [2.45, 2.75) is 64.4 Å². The molecule has 2 N–H and O–H groups in total. The molecule has 0 unspecified atom stereocenters. The molecule has 1 aromatic heterocycles. The van der Waals surface area contributed by atoms with Crippen molar-refractivity contribution in [1.29, 1.82) is 0 Å². The van der Waals surface area contributed by atoms with Crippen molar-refractivity contribution in [2.75, 3.05) is 6.61 Å². The Bertz CT molecular complexity index is 586. The first-order valence-corrected chi connectivity index (χ1v) is 8.88. The Morgan fingerprint density at radius 2 is 2.25 bits per heavy atom. The summed E-state index contributed by atoms with van der Waals surface area (Å²) < 4.78 is 12.1. The van der Waals surface area contributed by atoms with Gasteiger partial charge in [0, 0.05) is 10.7 Å². The summed E-state index contributed by atoms with van der Waals surface area (Å²) in [4.78, 5) is 16.7. The van der Waals surface area contributed by atoms with Gasteiger partial charge in [0.25, 0.3) is 0 Å². The van der Waals surface area contributed by atoms with Crippen molar-refractivity contribution in [3.05, 3.63) is 28.0 Å². The summed E-state index contributed by atoms with van der Waals surface area (Å²) in [7, 11) is 0. The molecule has 0 fully saturated rings. The Morgan fingerprint density at radius 3 is 2.88 bits per heavy atom. The molecule has 0 spiro atoms. The van der Waals surface area contributed by atoms with Gasteiger partial charge in [0.15, 0.2) is 0 Å². The number of halogens is 1. The number of alkyl carbamates (subject to hydrolysis) is 1. The highest BCUT2D eigenvalue weighted by Crippen LogP contribution is 2.32. The van der Waals surface area contributed by atoms with Gasteiger partial charge in [0.05, 0.1) is 24.5 Å². The van der Waals surface area contributed by atoms with Crippen LogP contribution in [0.1, 0.15) is 51.4 Å². The molecule has 7 heteroatoms. The van der Waals surface area contributed by atoms with Gasteiger partial charge in [-0.05, 0) is 68.1 Å². The number of aliphatic hydroxyl groups is 1. The van der Waals surface area contributed by atoms with Gasteiger partial charge in [0.2, 0.25) is 0 Å². The number of aromatic nitrogens is 1. The number of aryl methyl sites for hydroxylation is 1. The number of nitrogens with zero attached hydrogens (tertiary/aromatic N) is 1. The second kappa shape index (κ2) is 7.80. The molecule has 0 aliphatic heterocycles. The van der Waals surface area contributed by atoms with Crippen LogP contribution in [0.4, 0.5) is 4.79 Å². The molecule has 1 aliphatic rings. The molecule has 3 atom stereocenters. The van der Waals surface area contributed by atoms with Crippen molar-refractivity contribution in [3.63, 3.8) is 0 Å². The van der Waals surface area contributed by atoms with Gasteiger partial charge in [-0.2, -0.15) is 0 Å². The van der Waals surface area contributed by atoms with Crippen LogP contribution in [0, 0.1) is 0 Å². The van der Waals surface area contributed by atoms with E-state index in [4.69, 9.17) is 9.47 Å². The monoisotopic (exact) mass is 400 g/mol. The van der Waals surface area contributed by atoms with E-state index < -0.39 is 23.8 Å². The van der Waals surface area contributed by atoms with Crippen LogP contribution < -0.4 is 5.32 Å². The largest absolute Gasteiger partial charge is 0.444 e. The van der Waals surface area contributed by atoms with Crippen molar-refractivity contribution < 1.29 is 19.4 Å². The highest BCUT2D eigenvalue weighted by molar-refractivity contribution is 9.10. The Hall–Kier alpha value is -1.18.